The molecule has 0 aromatic heterocycles. The summed E-state index contributed by atoms with van der Waals surface area (Å²) in [5.41, 5.74) is 10.3. The Hall–Kier alpha value is -2.54. The highest BCUT2D eigenvalue weighted by molar-refractivity contribution is 6.07. The molecule has 0 fully saturated rings. The first kappa shape index (κ1) is 19.2. The number of amides is 1. The van der Waals surface area contributed by atoms with Crippen molar-refractivity contribution in [1.82, 2.24) is 5.32 Å². The second-order valence-corrected chi connectivity index (χ2v) is 6.21. The minimum atomic E-state index is -0.110. The maximum Gasteiger partial charge on any atom is 0.251 e. The third-order valence-electron chi connectivity index (χ3n) is 4.25. The first-order valence-corrected chi connectivity index (χ1v) is 9.17. The summed E-state index contributed by atoms with van der Waals surface area (Å²) in [5.74, 6) is -0.110. The Morgan fingerprint density at radius 1 is 1.00 bits per heavy atom. The molecule has 27 heavy (non-hydrogen) atoms. The van der Waals surface area contributed by atoms with E-state index in [1.165, 1.54) is 5.56 Å². The molecule has 0 aliphatic carbocycles. The SMILES string of the molecule is NCCOCCOCCNC(=O)c1ccc(C2=Nc3ccccc3C2)cc1. The maximum absolute atomic E-state index is 12.2. The van der Waals surface area contributed by atoms with Crippen molar-refractivity contribution in [2.75, 3.05) is 39.5 Å². The second kappa shape index (κ2) is 9.97. The van der Waals surface area contributed by atoms with E-state index in [4.69, 9.17) is 15.2 Å². The maximum atomic E-state index is 12.2. The summed E-state index contributed by atoms with van der Waals surface area (Å²) in [4.78, 5) is 16.9. The van der Waals surface area contributed by atoms with Gasteiger partial charge in [0.25, 0.3) is 5.91 Å². The summed E-state index contributed by atoms with van der Waals surface area (Å²) in [6, 6.07) is 15.7. The molecule has 142 valence electrons. The molecule has 0 radical (unpaired) electrons. The molecule has 0 saturated carbocycles. The van der Waals surface area contributed by atoms with Gasteiger partial charge in [-0.05, 0) is 29.3 Å². The molecule has 0 spiro atoms. The van der Waals surface area contributed by atoms with Gasteiger partial charge in [-0.2, -0.15) is 0 Å². The van der Waals surface area contributed by atoms with Crippen LogP contribution in [0.4, 0.5) is 5.69 Å². The summed E-state index contributed by atoms with van der Waals surface area (Å²) >= 11 is 0. The number of ether oxygens (including phenoxy) is 2. The first-order valence-electron chi connectivity index (χ1n) is 9.17. The van der Waals surface area contributed by atoms with Crippen molar-refractivity contribution in [2.24, 2.45) is 10.7 Å². The molecule has 6 heteroatoms. The third-order valence-corrected chi connectivity index (χ3v) is 4.25. The van der Waals surface area contributed by atoms with Crippen LogP contribution in [-0.4, -0.2) is 51.1 Å². The standard InChI is InChI=1S/C21H25N3O3/c22-9-11-26-13-14-27-12-10-23-21(25)17-7-5-16(6-8-17)20-15-18-3-1-2-4-19(18)24-20/h1-8H,9-15,22H2,(H,23,25). The van der Waals surface area contributed by atoms with E-state index in [1.807, 2.05) is 42.5 Å². The summed E-state index contributed by atoms with van der Waals surface area (Å²) < 4.78 is 10.6. The second-order valence-electron chi connectivity index (χ2n) is 6.21. The topological polar surface area (TPSA) is 85.9 Å². The van der Waals surface area contributed by atoms with Crippen LogP contribution in [-0.2, 0) is 15.9 Å². The lowest BCUT2D eigenvalue weighted by Crippen LogP contribution is -2.27. The quantitative estimate of drug-likeness (QED) is 0.630. The number of nitrogens with zero attached hydrogens (tertiary/aromatic N) is 1. The monoisotopic (exact) mass is 367 g/mol. The summed E-state index contributed by atoms with van der Waals surface area (Å²) in [6.07, 6.45) is 0.827. The highest BCUT2D eigenvalue weighted by Crippen LogP contribution is 2.28. The molecule has 0 atom stereocenters. The molecule has 1 aliphatic heterocycles. The molecule has 0 bridgehead atoms. The number of nitrogens with two attached hydrogens (primary N) is 1. The Balaban J connectivity index is 1.42. The molecule has 1 heterocycles. The minimum absolute atomic E-state index is 0.110. The summed E-state index contributed by atoms with van der Waals surface area (Å²) in [7, 11) is 0. The van der Waals surface area contributed by atoms with Crippen molar-refractivity contribution in [1.29, 1.82) is 0 Å². The van der Waals surface area contributed by atoms with E-state index in [9.17, 15) is 4.79 Å². The summed E-state index contributed by atoms with van der Waals surface area (Å²) in [6.45, 7) is 2.96. The molecule has 2 aromatic rings. The van der Waals surface area contributed by atoms with Gasteiger partial charge in [0.05, 0.1) is 37.8 Å². The van der Waals surface area contributed by atoms with Gasteiger partial charge in [0.15, 0.2) is 0 Å². The number of nitrogens with one attached hydrogen (secondary N) is 1. The Bertz CT molecular complexity index is 788. The highest BCUT2D eigenvalue weighted by Gasteiger charge is 2.15. The predicted octanol–water partition coefficient (Wildman–Crippen LogP) is 2.09. The van der Waals surface area contributed by atoms with Gasteiger partial charge in [-0.25, -0.2) is 0 Å². The lowest BCUT2D eigenvalue weighted by atomic mass is 10.0. The fraction of sp³-hybridized carbons (Fsp3) is 0.333. The summed E-state index contributed by atoms with van der Waals surface area (Å²) in [5, 5.41) is 2.85. The average molecular weight is 367 g/mol. The fourth-order valence-corrected chi connectivity index (χ4v) is 2.86. The minimum Gasteiger partial charge on any atom is -0.378 e. The van der Waals surface area contributed by atoms with E-state index in [-0.39, 0.29) is 5.91 Å². The molecule has 0 saturated heterocycles. The molecule has 1 aliphatic rings. The van der Waals surface area contributed by atoms with Crippen molar-refractivity contribution in [3.63, 3.8) is 0 Å². The van der Waals surface area contributed by atoms with Crippen molar-refractivity contribution < 1.29 is 14.3 Å². The number of fused-ring (bicyclic) bond motifs is 1. The van der Waals surface area contributed by atoms with Crippen LogP contribution in [0.2, 0.25) is 0 Å². The van der Waals surface area contributed by atoms with Crippen LogP contribution in [0.1, 0.15) is 21.5 Å². The van der Waals surface area contributed by atoms with E-state index < -0.39 is 0 Å². The van der Waals surface area contributed by atoms with Gasteiger partial charge < -0.3 is 20.5 Å². The Morgan fingerprint density at radius 3 is 2.48 bits per heavy atom. The van der Waals surface area contributed by atoms with Gasteiger partial charge in [-0.3, -0.25) is 9.79 Å². The van der Waals surface area contributed by atoms with Crippen LogP contribution in [0.15, 0.2) is 53.5 Å². The van der Waals surface area contributed by atoms with Crippen molar-refractivity contribution in [3.05, 3.63) is 65.2 Å². The van der Waals surface area contributed by atoms with Gasteiger partial charge in [0.1, 0.15) is 0 Å². The van der Waals surface area contributed by atoms with Gasteiger partial charge in [0, 0.05) is 25.1 Å². The molecule has 6 nitrogen and oxygen atoms in total. The number of para-hydroxylation sites is 1. The molecule has 3 N–H and O–H groups in total. The first-order chi connectivity index (χ1) is 13.3. The van der Waals surface area contributed by atoms with Crippen LogP contribution in [0.5, 0.6) is 0 Å². The van der Waals surface area contributed by atoms with Crippen LogP contribution in [0.25, 0.3) is 0 Å². The molecule has 2 aromatic carbocycles. The zero-order chi connectivity index (χ0) is 18.9. The van der Waals surface area contributed by atoms with Crippen molar-refractivity contribution in [3.8, 4) is 0 Å². The van der Waals surface area contributed by atoms with Crippen LogP contribution < -0.4 is 11.1 Å². The van der Waals surface area contributed by atoms with E-state index in [0.29, 0.717) is 45.1 Å². The zero-order valence-corrected chi connectivity index (χ0v) is 15.3. The van der Waals surface area contributed by atoms with E-state index in [0.717, 1.165) is 23.4 Å². The fourth-order valence-electron chi connectivity index (χ4n) is 2.86. The smallest absolute Gasteiger partial charge is 0.251 e. The molecular formula is C21H25N3O3. The highest BCUT2D eigenvalue weighted by atomic mass is 16.5. The number of hydrogen-bond acceptors (Lipinski definition) is 5. The lowest BCUT2D eigenvalue weighted by Gasteiger charge is -2.08. The number of hydrogen-bond donors (Lipinski definition) is 2. The molecule has 3 rings (SSSR count). The number of rotatable bonds is 10. The van der Waals surface area contributed by atoms with Crippen LogP contribution >= 0.6 is 0 Å². The number of aliphatic imine (C=N–C) groups is 1. The van der Waals surface area contributed by atoms with Crippen LogP contribution in [0.3, 0.4) is 0 Å². The van der Waals surface area contributed by atoms with Crippen molar-refractivity contribution in [2.45, 2.75) is 6.42 Å². The largest absolute Gasteiger partial charge is 0.378 e. The van der Waals surface area contributed by atoms with Crippen molar-refractivity contribution >= 4 is 17.3 Å². The third kappa shape index (κ3) is 5.47. The van der Waals surface area contributed by atoms with Gasteiger partial charge >= 0.3 is 0 Å². The van der Waals surface area contributed by atoms with Gasteiger partial charge in [0.2, 0.25) is 0 Å². The van der Waals surface area contributed by atoms with E-state index >= 15 is 0 Å². The normalized spacial score (nSPS) is 12.6. The lowest BCUT2D eigenvalue weighted by molar-refractivity contribution is 0.0511. The van der Waals surface area contributed by atoms with E-state index in [1.54, 1.807) is 0 Å². The van der Waals surface area contributed by atoms with Gasteiger partial charge in [-0.1, -0.05) is 30.3 Å². The Labute approximate surface area is 159 Å². The number of carbonyl (C=O) groups is 1. The number of carbonyl (C=O) groups excluding carboxylic acids is 1. The Morgan fingerprint density at radius 2 is 1.74 bits per heavy atom. The van der Waals surface area contributed by atoms with Crippen LogP contribution in [0, 0.1) is 0 Å². The predicted molar refractivity (Wildman–Crippen MR) is 106 cm³/mol. The number of benzene rings is 2. The Kier molecular flexibility index (Phi) is 7.10. The molecule has 0 unspecified atom stereocenters. The molecule has 1 amide bonds. The van der Waals surface area contributed by atoms with Gasteiger partial charge in [-0.15, -0.1) is 0 Å². The average Bonchev–Trinajstić information content (AvgIpc) is 3.14. The van der Waals surface area contributed by atoms with E-state index in [2.05, 4.69) is 16.4 Å². The molecular weight excluding hydrogens is 342 g/mol. The zero-order valence-electron chi connectivity index (χ0n) is 15.3.